The molecule has 0 N–H and O–H groups in total. The molecule has 0 fully saturated rings. The number of halogens is 1. The van der Waals surface area contributed by atoms with Gasteiger partial charge in [0.2, 0.25) is 0 Å². The highest BCUT2D eigenvalue weighted by atomic mass is 79.9. The van der Waals surface area contributed by atoms with Crippen LogP contribution in [0.15, 0.2) is 88.2 Å². The van der Waals surface area contributed by atoms with Crippen molar-refractivity contribution in [3.8, 4) is 16.9 Å². The Labute approximate surface area is 206 Å². The minimum Gasteiger partial charge on any atom is -0.289 e. The highest BCUT2D eigenvalue weighted by Gasteiger charge is 2.36. The van der Waals surface area contributed by atoms with E-state index in [1.54, 1.807) is 60.3 Å². The molecule has 0 saturated heterocycles. The fraction of sp³-hybridized carbons (Fsp3) is 0.0769. The van der Waals surface area contributed by atoms with Gasteiger partial charge in [-0.25, -0.2) is 13.1 Å². The van der Waals surface area contributed by atoms with Gasteiger partial charge in [0.25, 0.3) is 10.0 Å². The summed E-state index contributed by atoms with van der Waals surface area (Å²) in [4.78, 5) is 12.9. The van der Waals surface area contributed by atoms with Gasteiger partial charge in [0, 0.05) is 22.6 Å². The molecule has 170 valence electrons. The van der Waals surface area contributed by atoms with Gasteiger partial charge in [-0.15, -0.1) is 0 Å². The van der Waals surface area contributed by atoms with E-state index in [0.717, 1.165) is 15.7 Å². The van der Waals surface area contributed by atoms with Crippen LogP contribution in [0.2, 0.25) is 0 Å². The van der Waals surface area contributed by atoms with Crippen LogP contribution in [0.5, 0.6) is 0 Å². The van der Waals surface area contributed by atoms with Crippen LogP contribution in [0, 0.1) is 6.92 Å². The third-order valence-electron chi connectivity index (χ3n) is 5.85. The summed E-state index contributed by atoms with van der Waals surface area (Å²) in [5.74, 6) is -0.109. The number of allylic oxidation sites excluding steroid dienone is 1. The number of fused-ring (bicyclic) bond motifs is 3. The predicted molar refractivity (Wildman–Crippen MR) is 137 cm³/mol. The van der Waals surface area contributed by atoms with Gasteiger partial charge in [-0.05, 0) is 61.0 Å². The van der Waals surface area contributed by atoms with E-state index in [2.05, 4.69) is 15.9 Å². The highest BCUT2D eigenvalue weighted by Crippen LogP contribution is 2.43. The SMILES string of the molecule is Cc1c2c(nn1-c1ccc(C(=O)/C=C/c3cccc(Br)c3)cc1)-c1ccccc1S(=O)(=O)N2C. The number of carbonyl (C=O) groups is 1. The van der Waals surface area contributed by atoms with Gasteiger partial charge in [-0.3, -0.25) is 9.10 Å². The molecule has 0 atom stereocenters. The number of anilines is 1. The van der Waals surface area contributed by atoms with Crippen molar-refractivity contribution in [2.45, 2.75) is 11.8 Å². The number of sulfonamides is 1. The summed E-state index contributed by atoms with van der Waals surface area (Å²) in [7, 11) is -2.11. The fourth-order valence-corrected chi connectivity index (χ4v) is 5.97. The highest BCUT2D eigenvalue weighted by molar-refractivity contribution is 9.10. The average molecular weight is 534 g/mol. The molecule has 1 aliphatic heterocycles. The monoisotopic (exact) mass is 533 g/mol. The van der Waals surface area contributed by atoms with E-state index < -0.39 is 10.0 Å². The van der Waals surface area contributed by atoms with Gasteiger partial charge >= 0.3 is 0 Å². The zero-order valence-electron chi connectivity index (χ0n) is 18.4. The molecule has 6 nitrogen and oxygen atoms in total. The van der Waals surface area contributed by atoms with E-state index in [-0.39, 0.29) is 10.7 Å². The summed E-state index contributed by atoms with van der Waals surface area (Å²) >= 11 is 3.43. The number of rotatable bonds is 4. The smallest absolute Gasteiger partial charge is 0.264 e. The topological polar surface area (TPSA) is 72.3 Å². The first-order valence-electron chi connectivity index (χ1n) is 10.5. The normalized spacial score (nSPS) is 14.1. The van der Waals surface area contributed by atoms with Crippen molar-refractivity contribution in [1.29, 1.82) is 0 Å². The Hall–Kier alpha value is -3.49. The summed E-state index contributed by atoms with van der Waals surface area (Å²) < 4.78 is 30.0. The molecule has 1 aliphatic rings. The van der Waals surface area contributed by atoms with Crippen LogP contribution in [0.25, 0.3) is 23.0 Å². The first kappa shape index (κ1) is 22.3. The third kappa shape index (κ3) is 3.69. The lowest BCUT2D eigenvalue weighted by atomic mass is 10.1. The zero-order chi connectivity index (χ0) is 24.0. The molecular weight excluding hydrogens is 514 g/mol. The van der Waals surface area contributed by atoms with E-state index in [0.29, 0.717) is 28.2 Å². The number of nitrogens with zero attached hydrogens (tertiary/aromatic N) is 3. The maximum atomic E-state index is 13.0. The van der Waals surface area contributed by atoms with Crippen molar-refractivity contribution < 1.29 is 13.2 Å². The van der Waals surface area contributed by atoms with Crippen molar-refractivity contribution in [2.24, 2.45) is 0 Å². The largest absolute Gasteiger partial charge is 0.289 e. The maximum absolute atomic E-state index is 13.0. The lowest BCUT2D eigenvalue weighted by molar-refractivity contribution is 0.104. The number of benzene rings is 3. The molecule has 0 aliphatic carbocycles. The Bertz CT molecular complexity index is 1570. The number of hydrogen-bond donors (Lipinski definition) is 0. The maximum Gasteiger partial charge on any atom is 0.264 e. The van der Waals surface area contributed by atoms with Crippen LogP contribution in [0.1, 0.15) is 21.6 Å². The van der Waals surface area contributed by atoms with Crippen molar-refractivity contribution in [3.63, 3.8) is 0 Å². The molecule has 2 heterocycles. The Morgan fingerprint density at radius 1 is 1.00 bits per heavy atom. The van der Waals surface area contributed by atoms with E-state index in [1.807, 2.05) is 43.3 Å². The lowest BCUT2D eigenvalue weighted by Gasteiger charge is -2.26. The number of carbonyl (C=O) groups excluding carboxylic acids is 1. The molecule has 34 heavy (non-hydrogen) atoms. The minimum atomic E-state index is -3.65. The van der Waals surface area contributed by atoms with E-state index in [9.17, 15) is 13.2 Å². The number of hydrogen-bond acceptors (Lipinski definition) is 4. The Morgan fingerprint density at radius 3 is 2.47 bits per heavy atom. The third-order valence-corrected chi connectivity index (χ3v) is 8.16. The van der Waals surface area contributed by atoms with Crippen molar-refractivity contribution in [1.82, 2.24) is 9.78 Å². The van der Waals surface area contributed by atoms with Crippen LogP contribution in [0.3, 0.4) is 0 Å². The van der Waals surface area contributed by atoms with Gasteiger partial charge in [0.05, 0.1) is 16.3 Å². The van der Waals surface area contributed by atoms with Crippen LogP contribution in [-0.2, 0) is 10.0 Å². The zero-order valence-corrected chi connectivity index (χ0v) is 20.8. The molecule has 3 aromatic carbocycles. The summed E-state index contributed by atoms with van der Waals surface area (Å²) in [5, 5.41) is 4.74. The Balaban J connectivity index is 1.48. The van der Waals surface area contributed by atoms with Crippen LogP contribution in [-0.4, -0.2) is 31.0 Å². The van der Waals surface area contributed by atoms with Gasteiger partial charge in [-0.1, -0.05) is 52.3 Å². The summed E-state index contributed by atoms with van der Waals surface area (Å²) in [6, 6.07) is 21.7. The molecular formula is C26H20BrN3O3S. The van der Waals surface area contributed by atoms with Crippen molar-refractivity contribution >= 4 is 43.5 Å². The number of ketones is 1. The van der Waals surface area contributed by atoms with Crippen LogP contribution >= 0.6 is 15.9 Å². The lowest BCUT2D eigenvalue weighted by Crippen LogP contribution is -2.30. The standard InChI is InChI=1S/C26H20BrN3O3S/c1-17-26-25(22-8-3-4-9-24(22)34(32,33)29(26)2)28-30(17)21-13-11-19(12-14-21)23(31)15-10-18-6-5-7-20(27)16-18/h3-16H,1-2H3/b15-10+. The second-order valence-corrected chi connectivity index (χ2v) is 10.8. The summed E-state index contributed by atoms with van der Waals surface area (Å²) in [6.07, 6.45) is 3.33. The van der Waals surface area contributed by atoms with E-state index >= 15 is 0 Å². The molecule has 1 aromatic heterocycles. The molecule has 0 saturated carbocycles. The quantitative estimate of drug-likeness (QED) is 0.251. The molecule has 0 amide bonds. The molecule has 5 rings (SSSR count). The van der Waals surface area contributed by atoms with E-state index in [1.165, 1.54) is 4.31 Å². The molecule has 0 spiro atoms. The predicted octanol–water partition coefficient (Wildman–Crippen LogP) is 5.64. The van der Waals surface area contributed by atoms with E-state index in [4.69, 9.17) is 5.10 Å². The average Bonchev–Trinajstić information content (AvgIpc) is 3.18. The molecule has 4 aromatic rings. The van der Waals surface area contributed by atoms with Gasteiger partial charge < -0.3 is 0 Å². The van der Waals surface area contributed by atoms with Crippen molar-refractivity contribution in [3.05, 3.63) is 100 Å². The fourth-order valence-electron chi connectivity index (χ4n) is 4.10. The second kappa shape index (κ2) is 8.38. The molecule has 0 bridgehead atoms. The minimum absolute atomic E-state index is 0.109. The first-order chi connectivity index (χ1) is 16.3. The molecule has 0 radical (unpaired) electrons. The second-order valence-electron chi connectivity index (χ2n) is 7.96. The van der Waals surface area contributed by atoms with Gasteiger partial charge in [0.1, 0.15) is 11.4 Å². The number of aromatic nitrogens is 2. The first-order valence-corrected chi connectivity index (χ1v) is 12.8. The van der Waals surface area contributed by atoms with Gasteiger partial charge in [-0.2, -0.15) is 5.10 Å². The summed E-state index contributed by atoms with van der Waals surface area (Å²) in [6.45, 7) is 1.84. The summed E-state index contributed by atoms with van der Waals surface area (Å²) in [5.41, 5.74) is 4.67. The Kier molecular flexibility index (Phi) is 5.50. The Morgan fingerprint density at radius 2 is 1.74 bits per heavy atom. The van der Waals surface area contributed by atoms with Gasteiger partial charge in [0.15, 0.2) is 5.78 Å². The van der Waals surface area contributed by atoms with Crippen LogP contribution < -0.4 is 4.31 Å². The van der Waals surface area contributed by atoms with Crippen molar-refractivity contribution in [2.75, 3.05) is 11.4 Å². The van der Waals surface area contributed by atoms with Crippen LogP contribution in [0.4, 0.5) is 5.69 Å². The molecule has 8 heteroatoms. The molecule has 0 unspecified atom stereocenters.